The van der Waals surface area contributed by atoms with Crippen LogP contribution in [0.3, 0.4) is 0 Å². The number of nitrogens with zero attached hydrogens (tertiary/aromatic N) is 4. The fourth-order valence-electron chi connectivity index (χ4n) is 2.96. The molecule has 1 aliphatic rings. The Morgan fingerprint density at radius 2 is 1.93 bits per heavy atom. The summed E-state index contributed by atoms with van der Waals surface area (Å²) in [6.07, 6.45) is 3.06. The van der Waals surface area contributed by atoms with Gasteiger partial charge in [-0.3, -0.25) is 4.79 Å². The number of morpholine rings is 1. The van der Waals surface area contributed by atoms with E-state index in [0.29, 0.717) is 13.2 Å². The molecule has 0 spiro atoms. The third-order valence-electron chi connectivity index (χ3n) is 4.50. The van der Waals surface area contributed by atoms with E-state index in [1.807, 2.05) is 24.3 Å². The van der Waals surface area contributed by atoms with Gasteiger partial charge >= 0.3 is 0 Å². The van der Waals surface area contributed by atoms with Gasteiger partial charge in [-0.05, 0) is 29.1 Å². The molecular formula is C18H19N5O4S2. The van der Waals surface area contributed by atoms with Gasteiger partial charge in [0.2, 0.25) is 10.0 Å². The Morgan fingerprint density at radius 3 is 2.62 bits per heavy atom. The van der Waals surface area contributed by atoms with Crippen LogP contribution in [0.15, 0.2) is 53.3 Å². The highest BCUT2D eigenvalue weighted by Crippen LogP contribution is 2.26. The van der Waals surface area contributed by atoms with Crippen molar-refractivity contribution in [2.24, 2.45) is 0 Å². The lowest BCUT2D eigenvalue weighted by molar-refractivity contribution is 0.0730. The van der Waals surface area contributed by atoms with Crippen LogP contribution in [0.5, 0.6) is 0 Å². The number of carbonyl (C=O) groups is 1. The van der Waals surface area contributed by atoms with Crippen molar-refractivity contribution in [3.8, 4) is 5.69 Å². The summed E-state index contributed by atoms with van der Waals surface area (Å²) in [6.45, 7) is 1.57. The van der Waals surface area contributed by atoms with E-state index in [1.165, 1.54) is 16.7 Å². The van der Waals surface area contributed by atoms with Crippen LogP contribution in [-0.2, 0) is 21.3 Å². The zero-order chi connectivity index (χ0) is 20.3. The maximum Gasteiger partial charge on any atom is 0.263 e. The quantitative estimate of drug-likeness (QED) is 0.628. The smallest absolute Gasteiger partial charge is 0.263 e. The Labute approximate surface area is 172 Å². The molecule has 0 unspecified atom stereocenters. The summed E-state index contributed by atoms with van der Waals surface area (Å²) in [5.41, 5.74) is 1.74. The van der Waals surface area contributed by atoms with Gasteiger partial charge in [0.25, 0.3) is 5.91 Å². The summed E-state index contributed by atoms with van der Waals surface area (Å²) in [5, 5.41) is 8.48. The SMILES string of the molecule is O=C(NCc1ccc(-n2cncn2)cc1)c1sccc1S(=O)(=O)N1CCOCC1. The molecule has 3 aromatic rings. The first kappa shape index (κ1) is 19.7. The summed E-state index contributed by atoms with van der Waals surface area (Å²) in [7, 11) is -3.72. The number of aromatic nitrogens is 3. The largest absolute Gasteiger partial charge is 0.379 e. The molecule has 2 aromatic heterocycles. The molecular weight excluding hydrogens is 414 g/mol. The first-order valence-corrected chi connectivity index (χ1v) is 11.3. The number of hydrogen-bond donors (Lipinski definition) is 1. The van der Waals surface area contributed by atoms with Crippen LogP contribution >= 0.6 is 11.3 Å². The van der Waals surface area contributed by atoms with Gasteiger partial charge in [0.15, 0.2) is 0 Å². The van der Waals surface area contributed by atoms with Crippen LogP contribution in [0, 0.1) is 0 Å². The van der Waals surface area contributed by atoms with Crippen molar-refractivity contribution in [2.45, 2.75) is 11.4 Å². The minimum absolute atomic E-state index is 0.0448. The highest BCUT2D eigenvalue weighted by molar-refractivity contribution is 7.89. The number of hydrogen-bond acceptors (Lipinski definition) is 7. The van der Waals surface area contributed by atoms with E-state index in [1.54, 1.807) is 16.4 Å². The predicted molar refractivity (Wildman–Crippen MR) is 106 cm³/mol. The third-order valence-corrected chi connectivity index (χ3v) is 7.48. The zero-order valence-corrected chi connectivity index (χ0v) is 17.0. The van der Waals surface area contributed by atoms with Crippen LogP contribution in [0.4, 0.5) is 0 Å². The molecule has 0 radical (unpaired) electrons. The van der Waals surface area contributed by atoms with E-state index in [4.69, 9.17) is 4.74 Å². The van der Waals surface area contributed by atoms with Crippen molar-refractivity contribution in [2.75, 3.05) is 26.3 Å². The highest BCUT2D eigenvalue weighted by atomic mass is 32.2. The maximum absolute atomic E-state index is 12.9. The second-order valence-corrected chi connectivity index (χ2v) is 9.14. The Balaban J connectivity index is 1.44. The molecule has 0 atom stereocenters. The molecule has 4 rings (SSSR count). The van der Waals surface area contributed by atoms with Gasteiger partial charge in [0, 0.05) is 19.6 Å². The molecule has 3 heterocycles. The molecule has 11 heteroatoms. The highest BCUT2D eigenvalue weighted by Gasteiger charge is 2.31. The molecule has 1 saturated heterocycles. The van der Waals surface area contributed by atoms with E-state index in [9.17, 15) is 13.2 Å². The summed E-state index contributed by atoms with van der Waals surface area (Å²) < 4.78 is 34.0. The average molecular weight is 434 g/mol. The number of ether oxygens (including phenoxy) is 1. The second-order valence-electron chi connectivity index (χ2n) is 6.32. The van der Waals surface area contributed by atoms with E-state index in [-0.39, 0.29) is 29.4 Å². The van der Waals surface area contributed by atoms with Gasteiger partial charge < -0.3 is 10.1 Å². The number of sulfonamides is 1. The Kier molecular flexibility index (Phi) is 5.72. The van der Waals surface area contributed by atoms with Gasteiger partial charge in [-0.15, -0.1) is 11.3 Å². The van der Waals surface area contributed by atoms with Crippen LogP contribution in [0.1, 0.15) is 15.2 Å². The van der Waals surface area contributed by atoms with Crippen molar-refractivity contribution >= 4 is 27.3 Å². The third kappa shape index (κ3) is 4.22. The number of carbonyl (C=O) groups excluding carboxylic acids is 1. The number of thiophene rings is 1. The van der Waals surface area contributed by atoms with E-state index >= 15 is 0 Å². The summed E-state index contributed by atoms with van der Waals surface area (Å²) in [5.74, 6) is -0.410. The summed E-state index contributed by atoms with van der Waals surface area (Å²) in [4.78, 5) is 16.8. The summed E-state index contributed by atoms with van der Waals surface area (Å²) in [6, 6.07) is 8.97. The lowest BCUT2D eigenvalue weighted by atomic mass is 10.2. The Bertz CT molecular complexity index is 1070. The van der Waals surface area contributed by atoms with Crippen molar-refractivity contribution in [3.63, 3.8) is 0 Å². The van der Waals surface area contributed by atoms with Crippen LogP contribution < -0.4 is 5.32 Å². The molecule has 9 nitrogen and oxygen atoms in total. The standard InChI is InChI=1S/C18H19N5O4S2/c24-18(20-11-14-1-3-15(4-2-14)23-13-19-12-21-23)17-16(5-10-28-17)29(25,26)22-6-8-27-9-7-22/h1-5,10,12-13H,6-9,11H2,(H,20,24). The summed E-state index contributed by atoms with van der Waals surface area (Å²) >= 11 is 1.12. The van der Waals surface area contributed by atoms with Crippen molar-refractivity contribution in [1.29, 1.82) is 0 Å². The van der Waals surface area contributed by atoms with E-state index < -0.39 is 15.9 Å². The molecule has 1 aliphatic heterocycles. The van der Waals surface area contributed by atoms with E-state index in [2.05, 4.69) is 15.4 Å². The van der Waals surface area contributed by atoms with Crippen molar-refractivity contribution in [3.05, 3.63) is 58.8 Å². The molecule has 1 N–H and O–H groups in total. The zero-order valence-electron chi connectivity index (χ0n) is 15.4. The van der Waals surface area contributed by atoms with Gasteiger partial charge in [-0.2, -0.15) is 9.40 Å². The van der Waals surface area contributed by atoms with E-state index in [0.717, 1.165) is 22.6 Å². The molecule has 0 saturated carbocycles. The van der Waals surface area contributed by atoms with Gasteiger partial charge in [0.1, 0.15) is 22.4 Å². The fraction of sp³-hybridized carbons (Fsp3) is 0.278. The Hall–Kier alpha value is -2.60. The second kappa shape index (κ2) is 8.41. The fourth-order valence-corrected chi connectivity index (χ4v) is 5.69. The Morgan fingerprint density at radius 1 is 1.17 bits per heavy atom. The number of rotatable bonds is 6. The van der Waals surface area contributed by atoms with Gasteiger partial charge in [-0.25, -0.2) is 18.1 Å². The number of nitrogens with one attached hydrogen (secondary N) is 1. The normalized spacial score (nSPS) is 15.3. The maximum atomic E-state index is 12.9. The molecule has 1 aromatic carbocycles. The monoisotopic (exact) mass is 433 g/mol. The molecule has 0 bridgehead atoms. The minimum Gasteiger partial charge on any atom is -0.379 e. The lowest BCUT2D eigenvalue weighted by Crippen LogP contribution is -2.41. The van der Waals surface area contributed by atoms with Crippen molar-refractivity contribution in [1.82, 2.24) is 24.4 Å². The first-order chi connectivity index (χ1) is 14.1. The molecule has 0 aliphatic carbocycles. The topological polar surface area (TPSA) is 106 Å². The van der Waals surface area contributed by atoms with Crippen LogP contribution in [0.2, 0.25) is 0 Å². The van der Waals surface area contributed by atoms with Crippen molar-refractivity contribution < 1.29 is 17.9 Å². The molecule has 1 fully saturated rings. The first-order valence-electron chi connectivity index (χ1n) is 8.93. The predicted octanol–water partition coefficient (Wildman–Crippen LogP) is 1.28. The molecule has 1 amide bonds. The van der Waals surface area contributed by atoms with Crippen LogP contribution in [0.25, 0.3) is 5.69 Å². The average Bonchev–Trinajstić information content (AvgIpc) is 3.45. The lowest BCUT2D eigenvalue weighted by Gasteiger charge is -2.26. The minimum atomic E-state index is -3.72. The van der Waals surface area contributed by atoms with Crippen LogP contribution in [-0.4, -0.2) is 59.7 Å². The van der Waals surface area contributed by atoms with Gasteiger partial charge in [-0.1, -0.05) is 12.1 Å². The number of benzene rings is 1. The number of amides is 1. The molecule has 152 valence electrons. The molecule has 29 heavy (non-hydrogen) atoms. The van der Waals surface area contributed by atoms with Gasteiger partial charge in [0.05, 0.1) is 18.9 Å².